The van der Waals surface area contributed by atoms with Crippen LogP contribution in [0.1, 0.15) is 23.7 Å². The van der Waals surface area contributed by atoms with E-state index in [1.165, 1.54) is 0 Å². The van der Waals surface area contributed by atoms with Crippen molar-refractivity contribution >= 4 is 22.4 Å². The Bertz CT molecular complexity index is 980. The summed E-state index contributed by atoms with van der Waals surface area (Å²) in [6.45, 7) is 2.25. The van der Waals surface area contributed by atoms with Crippen LogP contribution in [-0.4, -0.2) is 23.6 Å². The van der Waals surface area contributed by atoms with E-state index in [-0.39, 0.29) is 19.2 Å². The number of carbonyl (C=O) groups excluding carboxylic acids is 1. The van der Waals surface area contributed by atoms with E-state index in [9.17, 15) is 4.79 Å². The van der Waals surface area contributed by atoms with Gasteiger partial charge in [0.15, 0.2) is 6.61 Å². The highest BCUT2D eigenvalue weighted by molar-refractivity contribution is 6.11. The molecular formula is C20H18N2O3. The molecular weight excluding hydrogens is 316 g/mol. The molecule has 0 unspecified atom stereocenters. The number of aromatic nitrogens is 1. The SMILES string of the molecule is CC/C=C/COC(=O)c1c2ccccc2n2cc(OCC#N)ccc12. The van der Waals surface area contributed by atoms with Crippen molar-refractivity contribution in [2.24, 2.45) is 0 Å². The van der Waals surface area contributed by atoms with E-state index >= 15 is 0 Å². The Morgan fingerprint density at radius 3 is 2.84 bits per heavy atom. The first kappa shape index (κ1) is 16.6. The molecule has 0 fully saturated rings. The third-order valence-corrected chi connectivity index (χ3v) is 3.83. The van der Waals surface area contributed by atoms with Crippen molar-refractivity contribution in [3.05, 3.63) is 60.3 Å². The van der Waals surface area contributed by atoms with Crippen LogP contribution in [0.4, 0.5) is 0 Å². The second-order valence-electron chi connectivity index (χ2n) is 5.44. The van der Waals surface area contributed by atoms with E-state index in [1.54, 1.807) is 12.3 Å². The molecule has 0 aliphatic rings. The summed E-state index contributed by atoms with van der Waals surface area (Å²) < 4.78 is 12.6. The van der Waals surface area contributed by atoms with Gasteiger partial charge >= 0.3 is 5.97 Å². The average molecular weight is 334 g/mol. The monoisotopic (exact) mass is 334 g/mol. The van der Waals surface area contributed by atoms with Gasteiger partial charge in [-0.15, -0.1) is 0 Å². The van der Waals surface area contributed by atoms with E-state index in [4.69, 9.17) is 14.7 Å². The molecule has 126 valence electrons. The van der Waals surface area contributed by atoms with Crippen LogP contribution in [0.15, 0.2) is 54.7 Å². The van der Waals surface area contributed by atoms with Crippen LogP contribution in [0.5, 0.6) is 5.75 Å². The number of carbonyl (C=O) groups is 1. The van der Waals surface area contributed by atoms with Gasteiger partial charge in [-0.3, -0.25) is 0 Å². The fraction of sp³-hybridized carbons (Fsp3) is 0.200. The Kier molecular flexibility index (Phi) is 5.00. The smallest absolute Gasteiger partial charge is 0.341 e. The number of allylic oxidation sites excluding steroid dienone is 1. The molecule has 0 atom stereocenters. The number of fused-ring (bicyclic) bond motifs is 3. The molecule has 0 aliphatic carbocycles. The van der Waals surface area contributed by atoms with Crippen LogP contribution in [0.3, 0.4) is 0 Å². The fourth-order valence-electron chi connectivity index (χ4n) is 2.76. The number of pyridine rings is 1. The third kappa shape index (κ3) is 3.33. The zero-order chi connectivity index (χ0) is 17.6. The van der Waals surface area contributed by atoms with Crippen molar-refractivity contribution < 1.29 is 14.3 Å². The van der Waals surface area contributed by atoms with Crippen molar-refractivity contribution in [1.29, 1.82) is 5.26 Å². The Morgan fingerprint density at radius 2 is 2.04 bits per heavy atom. The van der Waals surface area contributed by atoms with Gasteiger partial charge in [0, 0.05) is 5.39 Å². The number of hydrogen-bond donors (Lipinski definition) is 0. The molecule has 2 heterocycles. The molecule has 0 aliphatic heterocycles. The molecule has 0 N–H and O–H groups in total. The zero-order valence-electron chi connectivity index (χ0n) is 13.9. The maximum atomic E-state index is 12.6. The molecule has 0 saturated heterocycles. The average Bonchev–Trinajstić information content (AvgIpc) is 2.97. The highest BCUT2D eigenvalue weighted by atomic mass is 16.5. The molecule has 2 aromatic heterocycles. The summed E-state index contributed by atoms with van der Waals surface area (Å²) in [6, 6.07) is 13.1. The minimum atomic E-state index is -0.356. The Hall–Kier alpha value is -3.26. The van der Waals surface area contributed by atoms with Gasteiger partial charge in [0.25, 0.3) is 0 Å². The van der Waals surface area contributed by atoms with Gasteiger partial charge in [0.2, 0.25) is 0 Å². The molecule has 0 radical (unpaired) electrons. The Balaban J connectivity index is 2.05. The van der Waals surface area contributed by atoms with Gasteiger partial charge in [-0.25, -0.2) is 4.79 Å². The predicted octanol–water partition coefficient (Wildman–Crippen LogP) is 4.12. The summed E-state index contributed by atoms with van der Waals surface area (Å²) in [5.41, 5.74) is 2.17. The summed E-state index contributed by atoms with van der Waals surface area (Å²) in [7, 11) is 0. The first-order valence-corrected chi connectivity index (χ1v) is 8.11. The van der Waals surface area contributed by atoms with Crippen LogP contribution in [0, 0.1) is 11.3 Å². The lowest BCUT2D eigenvalue weighted by molar-refractivity contribution is 0.0554. The number of nitrogens with zero attached hydrogens (tertiary/aromatic N) is 2. The van der Waals surface area contributed by atoms with Crippen LogP contribution in [0.2, 0.25) is 0 Å². The number of rotatable bonds is 6. The lowest BCUT2D eigenvalue weighted by atomic mass is 10.1. The summed E-state index contributed by atoms with van der Waals surface area (Å²) >= 11 is 0. The number of ether oxygens (including phenoxy) is 2. The quantitative estimate of drug-likeness (QED) is 0.502. The van der Waals surface area contributed by atoms with Gasteiger partial charge in [0.1, 0.15) is 18.4 Å². The lowest BCUT2D eigenvalue weighted by Gasteiger charge is -2.04. The molecule has 3 aromatic rings. The van der Waals surface area contributed by atoms with Gasteiger partial charge in [-0.2, -0.15) is 5.26 Å². The van der Waals surface area contributed by atoms with Crippen LogP contribution in [-0.2, 0) is 4.74 Å². The third-order valence-electron chi connectivity index (χ3n) is 3.83. The molecule has 0 amide bonds. The van der Waals surface area contributed by atoms with E-state index in [0.717, 1.165) is 22.8 Å². The number of nitriles is 1. The van der Waals surface area contributed by atoms with Gasteiger partial charge < -0.3 is 13.9 Å². The van der Waals surface area contributed by atoms with Gasteiger partial charge in [-0.1, -0.05) is 37.3 Å². The van der Waals surface area contributed by atoms with Gasteiger partial charge in [0.05, 0.1) is 22.8 Å². The number of hydrogen-bond acceptors (Lipinski definition) is 4. The Labute approximate surface area is 145 Å². The summed E-state index contributed by atoms with van der Waals surface area (Å²) in [6.07, 6.45) is 6.48. The van der Waals surface area contributed by atoms with Crippen LogP contribution < -0.4 is 4.74 Å². The van der Waals surface area contributed by atoms with Crippen LogP contribution in [0.25, 0.3) is 16.4 Å². The Morgan fingerprint density at radius 1 is 1.20 bits per heavy atom. The summed E-state index contributed by atoms with van der Waals surface area (Å²) in [4.78, 5) is 12.6. The molecule has 1 aromatic carbocycles. The van der Waals surface area contributed by atoms with Crippen molar-refractivity contribution in [2.75, 3.05) is 13.2 Å². The van der Waals surface area contributed by atoms with Crippen molar-refractivity contribution in [3.63, 3.8) is 0 Å². The minimum absolute atomic E-state index is 0.0244. The van der Waals surface area contributed by atoms with Crippen molar-refractivity contribution in [1.82, 2.24) is 4.40 Å². The number of esters is 1. The zero-order valence-corrected chi connectivity index (χ0v) is 13.9. The topological polar surface area (TPSA) is 63.7 Å². The van der Waals surface area contributed by atoms with E-state index < -0.39 is 0 Å². The van der Waals surface area contributed by atoms with Crippen molar-refractivity contribution in [2.45, 2.75) is 13.3 Å². The molecule has 0 spiro atoms. The van der Waals surface area contributed by atoms with Crippen LogP contribution >= 0.6 is 0 Å². The molecule has 0 saturated carbocycles. The normalized spacial score (nSPS) is 11.0. The summed E-state index contributed by atoms with van der Waals surface area (Å²) in [5, 5.41) is 9.49. The highest BCUT2D eigenvalue weighted by Gasteiger charge is 2.19. The largest absolute Gasteiger partial charge is 0.477 e. The molecule has 3 rings (SSSR count). The van der Waals surface area contributed by atoms with E-state index in [2.05, 4.69) is 0 Å². The maximum Gasteiger partial charge on any atom is 0.341 e. The number of benzene rings is 1. The first-order valence-electron chi connectivity index (χ1n) is 8.11. The maximum absolute atomic E-state index is 12.6. The van der Waals surface area contributed by atoms with E-state index in [0.29, 0.717) is 11.3 Å². The fourth-order valence-corrected chi connectivity index (χ4v) is 2.76. The molecule has 5 nitrogen and oxygen atoms in total. The standard InChI is InChI=1S/C20H18N2O3/c1-2-3-6-12-25-20(23)19-16-7-4-5-8-17(16)22-14-15(24-13-11-21)9-10-18(19)22/h3-10,14H,2,12-13H2,1H3/b6-3+. The van der Waals surface area contributed by atoms with Gasteiger partial charge in [-0.05, 0) is 24.6 Å². The second kappa shape index (κ2) is 7.54. The predicted molar refractivity (Wildman–Crippen MR) is 95.7 cm³/mol. The second-order valence-corrected chi connectivity index (χ2v) is 5.44. The highest BCUT2D eigenvalue weighted by Crippen LogP contribution is 2.29. The molecule has 0 bridgehead atoms. The van der Waals surface area contributed by atoms with Crippen molar-refractivity contribution in [3.8, 4) is 11.8 Å². The summed E-state index contributed by atoms with van der Waals surface area (Å²) in [5.74, 6) is 0.214. The lowest BCUT2D eigenvalue weighted by Crippen LogP contribution is -2.05. The molecule has 5 heteroatoms. The number of para-hydroxylation sites is 1. The van der Waals surface area contributed by atoms with E-state index in [1.807, 2.05) is 59.9 Å². The molecule has 25 heavy (non-hydrogen) atoms. The minimum Gasteiger partial charge on any atom is -0.477 e. The first-order chi connectivity index (χ1) is 12.3.